The van der Waals surface area contributed by atoms with Crippen LogP contribution in [0.3, 0.4) is 0 Å². The van der Waals surface area contributed by atoms with E-state index in [1.165, 1.54) is 16.9 Å². The number of aromatic nitrogens is 3. The SMILES string of the molecule is Cc1cccc(Cn2cnc(NC(=O)c3cc(COc4cccc(Cl)c4)cs3)n2)c1. The molecule has 0 saturated heterocycles. The fourth-order valence-electron chi connectivity index (χ4n) is 2.88. The van der Waals surface area contributed by atoms with Gasteiger partial charge in [0, 0.05) is 10.6 Å². The van der Waals surface area contributed by atoms with Crippen LogP contribution in [0.2, 0.25) is 5.02 Å². The highest BCUT2D eigenvalue weighted by molar-refractivity contribution is 7.12. The van der Waals surface area contributed by atoms with Crippen molar-refractivity contribution in [3.63, 3.8) is 0 Å². The highest BCUT2D eigenvalue weighted by atomic mass is 35.5. The molecule has 8 heteroatoms. The number of hydrogen-bond donors (Lipinski definition) is 1. The van der Waals surface area contributed by atoms with Gasteiger partial charge in [-0.05, 0) is 42.1 Å². The number of aryl methyl sites for hydroxylation is 1. The van der Waals surface area contributed by atoms with Crippen LogP contribution in [-0.2, 0) is 13.2 Å². The number of thiophene rings is 1. The first-order valence-corrected chi connectivity index (χ1v) is 10.5. The van der Waals surface area contributed by atoms with E-state index in [0.29, 0.717) is 28.8 Å². The van der Waals surface area contributed by atoms with Gasteiger partial charge in [-0.15, -0.1) is 16.4 Å². The predicted octanol–water partition coefficient (Wildman–Crippen LogP) is 5.18. The first-order chi connectivity index (χ1) is 14.5. The van der Waals surface area contributed by atoms with E-state index >= 15 is 0 Å². The van der Waals surface area contributed by atoms with Gasteiger partial charge in [-0.25, -0.2) is 9.67 Å². The van der Waals surface area contributed by atoms with E-state index in [9.17, 15) is 4.79 Å². The zero-order valence-corrected chi connectivity index (χ0v) is 17.8. The summed E-state index contributed by atoms with van der Waals surface area (Å²) in [6.07, 6.45) is 1.61. The number of benzene rings is 2. The number of carbonyl (C=O) groups excluding carboxylic acids is 1. The van der Waals surface area contributed by atoms with Gasteiger partial charge in [0.1, 0.15) is 18.7 Å². The van der Waals surface area contributed by atoms with Crippen molar-refractivity contribution in [1.29, 1.82) is 0 Å². The molecule has 0 aliphatic heterocycles. The summed E-state index contributed by atoms with van der Waals surface area (Å²) in [5, 5.41) is 9.58. The maximum atomic E-state index is 12.5. The Bertz CT molecular complexity index is 1170. The van der Waals surface area contributed by atoms with Crippen LogP contribution in [0.4, 0.5) is 5.95 Å². The fourth-order valence-corrected chi connectivity index (χ4v) is 3.85. The summed E-state index contributed by atoms with van der Waals surface area (Å²) >= 11 is 7.30. The third-order valence-electron chi connectivity index (χ3n) is 4.27. The number of amides is 1. The molecule has 152 valence electrons. The van der Waals surface area contributed by atoms with Crippen molar-refractivity contribution in [2.75, 3.05) is 5.32 Å². The van der Waals surface area contributed by atoms with Gasteiger partial charge in [0.05, 0.1) is 11.4 Å². The Kier molecular flexibility index (Phi) is 6.11. The van der Waals surface area contributed by atoms with E-state index in [-0.39, 0.29) is 11.9 Å². The zero-order chi connectivity index (χ0) is 20.9. The molecule has 0 aliphatic carbocycles. The van der Waals surface area contributed by atoms with Crippen LogP contribution in [0.15, 0.2) is 66.3 Å². The third-order valence-corrected chi connectivity index (χ3v) is 5.48. The molecule has 0 bridgehead atoms. The Hall–Kier alpha value is -3.16. The van der Waals surface area contributed by atoms with Crippen molar-refractivity contribution < 1.29 is 9.53 Å². The second-order valence-electron chi connectivity index (χ2n) is 6.77. The number of carbonyl (C=O) groups is 1. The molecule has 0 fully saturated rings. The molecular formula is C22H19ClN4O2S. The number of anilines is 1. The lowest BCUT2D eigenvalue weighted by molar-refractivity contribution is 0.102. The van der Waals surface area contributed by atoms with Gasteiger partial charge in [0.2, 0.25) is 5.95 Å². The fraction of sp³-hybridized carbons (Fsp3) is 0.136. The van der Waals surface area contributed by atoms with Crippen molar-refractivity contribution >= 4 is 34.8 Å². The number of halogens is 1. The van der Waals surface area contributed by atoms with Gasteiger partial charge in [-0.2, -0.15) is 0 Å². The topological polar surface area (TPSA) is 69.0 Å². The summed E-state index contributed by atoms with van der Waals surface area (Å²) in [7, 11) is 0. The zero-order valence-electron chi connectivity index (χ0n) is 16.2. The number of ether oxygens (including phenoxy) is 1. The average molecular weight is 439 g/mol. The van der Waals surface area contributed by atoms with Crippen LogP contribution in [-0.4, -0.2) is 20.7 Å². The first kappa shape index (κ1) is 20.1. The van der Waals surface area contributed by atoms with Gasteiger partial charge in [0.25, 0.3) is 5.91 Å². The Morgan fingerprint density at radius 1 is 1.17 bits per heavy atom. The molecule has 2 aromatic carbocycles. The highest BCUT2D eigenvalue weighted by Crippen LogP contribution is 2.21. The number of rotatable bonds is 7. The molecule has 1 amide bonds. The maximum Gasteiger partial charge on any atom is 0.268 e. The van der Waals surface area contributed by atoms with Crippen LogP contribution in [0, 0.1) is 6.92 Å². The average Bonchev–Trinajstić information content (AvgIpc) is 3.36. The molecule has 2 aromatic heterocycles. The minimum absolute atomic E-state index is 0.248. The molecule has 4 aromatic rings. The van der Waals surface area contributed by atoms with E-state index < -0.39 is 0 Å². The van der Waals surface area contributed by atoms with Gasteiger partial charge < -0.3 is 4.74 Å². The molecule has 30 heavy (non-hydrogen) atoms. The lowest BCUT2D eigenvalue weighted by Gasteiger charge is -2.04. The van der Waals surface area contributed by atoms with E-state index in [2.05, 4.69) is 21.5 Å². The molecule has 0 unspecified atom stereocenters. The molecule has 0 saturated carbocycles. The molecule has 0 spiro atoms. The van der Waals surface area contributed by atoms with Crippen molar-refractivity contribution in [3.8, 4) is 5.75 Å². The van der Waals surface area contributed by atoms with Crippen LogP contribution < -0.4 is 10.1 Å². The van der Waals surface area contributed by atoms with Gasteiger partial charge >= 0.3 is 0 Å². The quantitative estimate of drug-likeness (QED) is 0.431. The summed E-state index contributed by atoms with van der Waals surface area (Å²) in [5.74, 6) is 0.711. The molecule has 2 heterocycles. The summed E-state index contributed by atoms with van der Waals surface area (Å²) < 4.78 is 7.41. The summed E-state index contributed by atoms with van der Waals surface area (Å²) in [6, 6.07) is 17.2. The molecule has 0 aliphatic rings. The van der Waals surface area contributed by atoms with Gasteiger partial charge in [-0.1, -0.05) is 47.5 Å². The molecule has 0 atom stereocenters. The Labute approximate surface area is 183 Å². The van der Waals surface area contributed by atoms with E-state index in [1.807, 2.05) is 42.6 Å². The normalized spacial score (nSPS) is 10.7. The smallest absolute Gasteiger partial charge is 0.268 e. The van der Waals surface area contributed by atoms with E-state index in [0.717, 1.165) is 11.1 Å². The summed E-state index contributed by atoms with van der Waals surface area (Å²) in [4.78, 5) is 17.3. The van der Waals surface area contributed by atoms with Gasteiger partial charge in [-0.3, -0.25) is 10.1 Å². The highest BCUT2D eigenvalue weighted by Gasteiger charge is 2.12. The molecule has 6 nitrogen and oxygen atoms in total. The minimum atomic E-state index is -0.248. The Balaban J connectivity index is 1.34. The first-order valence-electron chi connectivity index (χ1n) is 9.27. The van der Waals surface area contributed by atoms with Crippen molar-refractivity contribution in [2.24, 2.45) is 0 Å². The molecular weight excluding hydrogens is 420 g/mol. The third kappa shape index (κ3) is 5.25. The number of nitrogens with one attached hydrogen (secondary N) is 1. The lowest BCUT2D eigenvalue weighted by Crippen LogP contribution is -2.12. The van der Waals surface area contributed by atoms with Crippen molar-refractivity contribution in [1.82, 2.24) is 14.8 Å². The van der Waals surface area contributed by atoms with Crippen molar-refractivity contribution in [3.05, 3.63) is 92.9 Å². The van der Waals surface area contributed by atoms with Crippen LogP contribution >= 0.6 is 22.9 Å². The van der Waals surface area contributed by atoms with Crippen LogP contribution in [0.25, 0.3) is 0 Å². The number of nitrogens with zero attached hydrogens (tertiary/aromatic N) is 3. The predicted molar refractivity (Wildman–Crippen MR) is 118 cm³/mol. The summed E-state index contributed by atoms with van der Waals surface area (Å²) in [6.45, 7) is 2.99. The van der Waals surface area contributed by atoms with Crippen LogP contribution in [0.5, 0.6) is 5.75 Å². The second kappa shape index (κ2) is 9.11. The lowest BCUT2D eigenvalue weighted by atomic mass is 10.1. The largest absolute Gasteiger partial charge is 0.489 e. The Morgan fingerprint density at radius 2 is 2.03 bits per heavy atom. The standard InChI is InChI=1S/C22H19ClN4O2S/c1-15-4-2-5-16(8-15)11-27-14-24-22(26-27)25-21(28)20-9-17(13-30-20)12-29-19-7-3-6-18(23)10-19/h2-10,13-14H,11-12H2,1H3,(H,25,26,28). The summed E-state index contributed by atoms with van der Waals surface area (Å²) in [5.41, 5.74) is 3.22. The van der Waals surface area contributed by atoms with Gasteiger partial charge in [0.15, 0.2) is 0 Å². The second-order valence-corrected chi connectivity index (χ2v) is 8.12. The van der Waals surface area contributed by atoms with E-state index in [4.69, 9.17) is 16.3 Å². The van der Waals surface area contributed by atoms with E-state index in [1.54, 1.807) is 29.2 Å². The minimum Gasteiger partial charge on any atom is -0.489 e. The van der Waals surface area contributed by atoms with Crippen LogP contribution in [0.1, 0.15) is 26.4 Å². The Morgan fingerprint density at radius 3 is 2.87 bits per heavy atom. The maximum absolute atomic E-state index is 12.5. The molecule has 4 rings (SSSR count). The molecule has 0 radical (unpaired) electrons. The van der Waals surface area contributed by atoms with Crippen molar-refractivity contribution in [2.45, 2.75) is 20.1 Å². The number of hydrogen-bond acceptors (Lipinski definition) is 5. The monoisotopic (exact) mass is 438 g/mol. The molecule has 1 N–H and O–H groups in total.